The molecule has 126 valence electrons. The van der Waals surface area contributed by atoms with E-state index in [1.54, 1.807) is 0 Å². The molecule has 1 unspecified atom stereocenters. The summed E-state index contributed by atoms with van der Waals surface area (Å²) in [5.74, 6) is 0.816. The molecule has 1 heterocycles. The average molecular weight is 316 g/mol. The number of piperazine rings is 1. The second-order valence-electron chi connectivity index (χ2n) is 6.93. The monoisotopic (exact) mass is 316 g/mol. The smallest absolute Gasteiger partial charge is 0.222 e. The van der Waals surface area contributed by atoms with Crippen LogP contribution < -0.4 is 0 Å². The molecule has 1 atom stereocenters. The lowest BCUT2D eigenvalue weighted by molar-refractivity contribution is -0.133. The minimum Gasteiger partial charge on any atom is -0.392 e. The standard InChI is InChI=1S/C19H28N2O2/c22-18(17-9-10-17)15-20-11-13-21(14-12-20)19(23)8-4-7-16-5-2-1-3-6-16/h1-3,5-6,17-18,22H,4,7-15H2. The van der Waals surface area contributed by atoms with E-state index in [-0.39, 0.29) is 12.0 Å². The van der Waals surface area contributed by atoms with Crippen molar-refractivity contribution in [2.24, 2.45) is 5.92 Å². The van der Waals surface area contributed by atoms with E-state index in [4.69, 9.17) is 0 Å². The van der Waals surface area contributed by atoms with Crippen molar-refractivity contribution in [1.29, 1.82) is 0 Å². The Labute approximate surface area is 139 Å². The van der Waals surface area contributed by atoms with Gasteiger partial charge in [-0.05, 0) is 37.2 Å². The largest absolute Gasteiger partial charge is 0.392 e. The fourth-order valence-corrected chi connectivity index (χ4v) is 3.32. The van der Waals surface area contributed by atoms with Gasteiger partial charge in [-0.1, -0.05) is 30.3 Å². The molecule has 4 nitrogen and oxygen atoms in total. The molecular weight excluding hydrogens is 288 g/mol. The highest BCUT2D eigenvalue weighted by Gasteiger charge is 2.31. The quantitative estimate of drug-likeness (QED) is 0.836. The summed E-state index contributed by atoms with van der Waals surface area (Å²) < 4.78 is 0. The highest BCUT2D eigenvalue weighted by Crippen LogP contribution is 2.32. The Balaban J connectivity index is 1.33. The zero-order chi connectivity index (χ0) is 16.1. The van der Waals surface area contributed by atoms with Crippen molar-refractivity contribution in [1.82, 2.24) is 9.80 Å². The summed E-state index contributed by atoms with van der Waals surface area (Å²) in [5, 5.41) is 10.0. The summed E-state index contributed by atoms with van der Waals surface area (Å²) >= 11 is 0. The van der Waals surface area contributed by atoms with Crippen molar-refractivity contribution >= 4 is 5.91 Å². The van der Waals surface area contributed by atoms with Crippen molar-refractivity contribution in [2.75, 3.05) is 32.7 Å². The van der Waals surface area contributed by atoms with Gasteiger partial charge in [0, 0.05) is 39.1 Å². The van der Waals surface area contributed by atoms with Gasteiger partial charge in [-0.25, -0.2) is 0 Å². The molecule has 1 aromatic rings. The lowest BCUT2D eigenvalue weighted by Gasteiger charge is -2.35. The van der Waals surface area contributed by atoms with Crippen LogP contribution >= 0.6 is 0 Å². The summed E-state index contributed by atoms with van der Waals surface area (Å²) in [6.45, 7) is 4.19. The first kappa shape index (κ1) is 16.5. The molecule has 23 heavy (non-hydrogen) atoms. The molecule has 1 amide bonds. The Bertz CT molecular complexity index is 493. The zero-order valence-corrected chi connectivity index (χ0v) is 13.9. The molecule has 3 rings (SSSR count). The van der Waals surface area contributed by atoms with Crippen molar-refractivity contribution in [3.63, 3.8) is 0 Å². The van der Waals surface area contributed by atoms with Gasteiger partial charge in [0.1, 0.15) is 0 Å². The second kappa shape index (κ2) is 7.93. The number of β-amino-alcohol motifs (C(OH)–C–C–N with tert-alkyl or cyclic N) is 1. The van der Waals surface area contributed by atoms with Gasteiger partial charge in [-0.15, -0.1) is 0 Å². The van der Waals surface area contributed by atoms with Crippen LogP contribution in [0.5, 0.6) is 0 Å². The van der Waals surface area contributed by atoms with E-state index >= 15 is 0 Å². The van der Waals surface area contributed by atoms with Crippen LogP contribution in [0, 0.1) is 5.92 Å². The number of aliphatic hydroxyl groups is 1. The van der Waals surface area contributed by atoms with Crippen molar-refractivity contribution < 1.29 is 9.90 Å². The van der Waals surface area contributed by atoms with Crippen LogP contribution in [0.15, 0.2) is 30.3 Å². The first-order valence-electron chi connectivity index (χ1n) is 8.94. The van der Waals surface area contributed by atoms with Crippen LogP contribution in [0.4, 0.5) is 0 Å². The van der Waals surface area contributed by atoms with Crippen molar-refractivity contribution in [3.05, 3.63) is 35.9 Å². The number of hydrogen-bond donors (Lipinski definition) is 1. The number of benzene rings is 1. The Morgan fingerprint density at radius 1 is 1.13 bits per heavy atom. The molecular formula is C19H28N2O2. The molecule has 0 spiro atoms. The van der Waals surface area contributed by atoms with Crippen LogP contribution in [0.1, 0.15) is 31.2 Å². The van der Waals surface area contributed by atoms with E-state index in [1.165, 1.54) is 18.4 Å². The van der Waals surface area contributed by atoms with Crippen LogP contribution in [0.2, 0.25) is 0 Å². The Morgan fingerprint density at radius 3 is 2.48 bits per heavy atom. The summed E-state index contributed by atoms with van der Waals surface area (Å²) in [6.07, 6.45) is 4.73. The molecule has 2 aliphatic rings. The minimum atomic E-state index is -0.164. The number of carbonyl (C=O) groups is 1. The molecule has 1 N–H and O–H groups in total. The third-order valence-electron chi connectivity index (χ3n) is 5.04. The van der Waals surface area contributed by atoms with Crippen molar-refractivity contribution in [2.45, 2.75) is 38.2 Å². The molecule has 4 heteroatoms. The third kappa shape index (κ3) is 5.05. The molecule has 2 fully saturated rings. The predicted molar refractivity (Wildman–Crippen MR) is 91.1 cm³/mol. The number of nitrogens with zero attached hydrogens (tertiary/aromatic N) is 2. The number of rotatable bonds is 7. The third-order valence-corrected chi connectivity index (χ3v) is 5.04. The van der Waals surface area contributed by atoms with Gasteiger partial charge in [0.2, 0.25) is 5.91 Å². The van der Waals surface area contributed by atoms with Gasteiger partial charge >= 0.3 is 0 Å². The predicted octanol–water partition coefficient (Wildman–Crippen LogP) is 1.92. The highest BCUT2D eigenvalue weighted by molar-refractivity contribution is 5.76. The summed E-state index contributed by atoms with van der Waals surface area (Å²) in [7, 11) is 0. The normalized spacial score (nSPS) is 20.5. The van der Waals surface area contributed by atoms with E-state index in [1.807, 2.05) is 23.1 Å². The van der Waals surface area contributed by atoms with Gasteiger partial charge < -0.3 is 10.0 Å². The lowest BCUT2D eigenvalue weighted by atomic mass is 10.1. The Morgan fingerprint density at radius 2 is 1.83 bits per heavy atom. The van der Waals surface area contributed by atoms with Crippen molar-refractivity contribution in [3.8, 4) is 0 Å². The van der Waals surface area contributed by atoms with Crippen LogP contribution in [0.3, 0.4) is 0 Å². The average Bonchev–Trinajstić information content (AvgIpc) is 3.41. The SMILES string of the molecule is O=C(CCCc1ccccc1)N1CCN(CC(O)C2CC2)CC1. The first-order valence-corrected chi connectivity index (χ1v) is 8.94. The maximum atomic E-state index is 12.3. The van der Waals surface area contributed by atoms with Gasteiger partial charge in [-0.3, -0.25) is 9.69 Å². The van der Waals surface area contributed by atoms with E-state index in [0.717, 1.165) is 45.6 Å². The van der Waals surface area contributed by atoms with E-state index < -0.39 is 0 Å². The second-order valence-corrected chi connectivity index (χ2v) is 6.93. The minimum absolute atomic E-state index is 0.164. The maximum absolute atomic E-state index is 12.3. The Kier molecular flexibility index (Phi) is 5.68. The molecule has 1 saturated heterocycles. The molecule has 0 bridgehead atoms. The molecule has 0 aromatic heterocycles. The van der Waals surface area contributed by atoms with Crippen LogP contribution in [-0.2, 0) is 11.2 Å². The van der Waals surface area contributed by atoms with Gasteiger partial charge in [0.15, 0.2) is 0 Å². The highest BCUT2D eigenvalue weighted by atomic mass is 16.3. The fraction of sp³-hybridized carbons (Fsp3) is 0.632. The first-order chi connectivity index (χ1) is 11.2. The fourth-order valence-electron chi connectivity index (χ4n) is 3.32. The van der Waals surface area contributed by atoms with Gasteiger partial charge in [0.05, 0.1) is 6.10 Å². The zero-order valence-electron chi connectivity index (χ0n) is 13.9. The van der Waals surface area contributed by atoms with E-state index in [0.29, 0.717) is 12.3 Å². The van der Waals surface area contributed by atoms with Gasteiger partial charge in [0.25, 0.3) is 0 Å². The summed E-state index contributed by atoms with van der Waals surface area (Å²) in [6, 6.07) is 10.4. The van der Waals surface area contributed by atoms with Gasteiger partial charge in [-0.2, -0.15) is 0 Å². The summed E-state index contributed by atoms with van der Waals surface area (Å²) in [4.78, 5) is 16.6. The number of aryl methyl sites for hydroxylation is 1. The maximum Gasteiger partial charge on any atom is 0.222 e. The summed E-state index contributed by atoms with van der Waals surface area (Å²) in [5.41, 5.74) is 1.30. The number of carbonyl (C=O) groups excluding carboxylic acids is 1. The van der Waals surface area contributed by atoms with E-state index in [2.05, 4.69) is 17.0 Å². The number of amides is 1. The molecule has 1 aliphatic heterocycles. The molecule has 1 aliphatic carbocycles. The Hall–Kier alpha value is -1.39. The van der Waals surface area contributed by atoms with Crippen LogP contribution in [-0.4, -0.2) is 59.6 Å². The molecule has 1 aromatic carbocycles. The molecule has 1 saturated carbocycles. The molecule has 0 radical (unpaired) electrons. The van der Waals surface area contributed by atoms with E-state index in [9.17, 15) is 9.90 Å². The topological polar surface area (TPSA) is 43.8 Å². The lowest BCUT2D eigenvalue weighted by Crippen LogP contribution is -2.50. The van der Waals surface area contributed by atoms with Crippen LogP contribution in [0.25, 0.3) is 0 Å². The number of hydrogen-bond acceptors (Lipinski definition) is 3. The number of aliphatic hydroxyl groups excluding tert-OH is 1.